The van der Waals surface area contributed by atoms with E-state index in [4.69, 9.17) is 4.42 Å². The number of aryl methyl sites for hydroxylation is 2. The molecule has 0 saturated carbocycles. The molecular weight excluding hydrogens is 412 g/mol. The first-order valence-electron chi connectivity index (χ1n) is 11.0. The number of carbonyl (C=O) groups is 1. The molecule has 0 aliphatic carbocycles. The number of aromatic nitrogens is 3. The van der Waals surface area contributed by atoms with Crippen LogP contribution in [0, 0.1) is 6.92 Å². The van der Waals surface area contributed by atoms with Crippen LogP contribution in [0.5, 0.6) is 0 Å². The molecule has 164 valence electrons. The van der Waals surface area contributed by atoms with Gasteiger partial charge in [-0.25, -0.2) is 0 Å². The molecule has 0 aliphatic rings. The zero-order valence-electron chi connectivity index (χ0n) is 18.4. The molecule has 0 unspecified atom stereocenters. The second-order valence-electron chi connectivity index (χ2n) is 7.98. The van der Waals surface area contributed by atoms with Gasteiger partial charge in [0.25, 0.3) is 5.91 Å². The minimum atomic E-state index is -0.0926. The molecule has 6 heteroatoms. The molecule has 3 aromatic carbocycles. The maximum atomic E-state index is 12.5. The van der Waals surface area contributed by atoms with Crippen LogP contribution in [0.4, 0.5) is 0 Å². The summed E-state index contributed by atoms with van der Waals surface area (Å²) in [7, 11) is 0. The zero-order chi connectivity index (χ0) is 22.6. The molecule has 0 fully saturated rings. The molecule has 1 N–H and O–H groups in total. The highest BCUT2D eigenvalue weighted by atomic mass is 16.4. The summed E-state index contributed by atoms with van der Waals surface area (Å²) in [5.41, 5.74) is 4.58. The molecule has 2 heterocycles. The molecule has 6 nitrogen and oxygen atoms in total. The van der Waals surface area contributed by atoms with Crippen molar-refractivity contribution in [2.75, 3.05) is 6.54 Å². The number of para-hydroxylation sites is 1. The summed E-state index contributed by atoms with van der Waals surface area (Å²) >= 11 is 0. The Balaban J connectivity index is 1.17. The van der Waals surface area contributed by atoms with Crippen molar-refractivity contribution in [3.63, 3.8) is 0 Å². The monoisotopic (exact) mass is 436 g/mol. The van der Waals surface area contributed by atoms with E-state index in [1.54, 1.807) is 12.1 Å². The number of hydrogen-bond acceptors (Lipinski definition) is 4. The average molecular weight is 437 g/mol. The van der Waals surface area contributed by atoms with Gasteiger partial charge in [-0.1, -0.05) is 36.4 Å². The van der Waals surface area contributed by atoms with Crippen molar-refractivity contribution < 1.29 is 9.21 Å². The Morgan fingerprint density at radius 1 is 0.909 bits per heavy atom. The Kier molecular flexibility index (Phi) is 5.72. The van der Waals surface area contributed by atoms with Gasteiger partial charge in [-0.3, -0.25) is 4.79 Å². The highest BCUT2D eigenvalue weighted by Crippen LogP contribution is 2.26. The summed E-state index contributed by atoms with van der Waals surface area (Å²) in [6.45, 7) is 3.47. The fourth-order valence-electron chi connectivity index (χ4n) is 3.91. The summed E-state index contributed by atoms with van der Waals surface area (Å²) in [5, 5.41) is 12.6. The van der Waals surface area contributed by atoms with Crippen LogP contribution >= 0.6 is 0 Å². The van der Waals surface area contributed by atoms with E-state index in [2.05, 4.69) is 44.5 Å². The summed E-state index contributed by atoms with van der Waals surface area (Å²) in [4.78, 5) is 12.5. The molecule has 0 radical (unpaired) electrons. The number of rotatable bonds is 7. The highest BCUT2D eigenvalue weighted by Gasteiger charge is 2.13. The van der Waals surface area contributed by atoms with Crippen molar-refractivity contribution in [2.24, 2.45) is 0 Å². The smallest absolute Gasteiger partial charge is 0.251 e. The molecule has 2 aromatic heterocycles. The van der Waals surface area contributed by atoms with Crippen LogP contribution in [0.3, 0.4) is 0 Å². The Morgan fingerprint density at radius 3 is 2.52 bits per heavy atom. The van der Waals surface area contributed by atoms with E-state index in [0.717, 1.165) is 29.7 Å². The third-order valence-electron chi connectivity index (χ3n) is 5.74. The molecule has 0 bridgehead atoms. The predicted octanol–water partition coefficient (Wildman–Crippen LogP) is 5.49. The fraction of sp³-hybridized carbons (Fsp3) is 0.148. The fourth-order valence-corrected chi connectivity index (χ4v) is 3.91. The van der Waals surface area contributed by atoms with Crippen molar-refractivity contribution in [3.8, 4) is 22.9 Å². The lowest BCUT2D eigenvalue weighted by Gasteiger charge is -2.08. The summed E-state index contributed by atoms with van der Waals surface area (Å²) in [6, 6.07) is 25.5. The number of carbonyl (C=O) groups excluding carboxylic acids is 1. The number of amides is 1. The summed E-state index contributed by atoms with van der Waals surface area (Å²) in [6.07, 6.45) is 2.94. The SMILES string of the molecule is Cc1ccccc1-c1nnc(-c2ccc(C(=O)NCCCn3ccc4ccccc43)cc2)o1. The summed E-state index contributed by atoms with van der Waals surface area (Å²) < 4.78 is 8.07. The van der Waals surface area contributed by atoms with Crippen molar-refractivity contribution in [1.82, 2.24) is 20.1 Å². The van der Waals surface area contributed by atoms with E-state index in [0.29, 0.717) is 23.9 Å². The van der Waals surface area contributed by atoms with Crippen LogP contribution in [0.1, 0.15) is 22.3 Å². The predicted molar refractivity (Wildman–Crippen MR) is 129 cm³/mol. The zero-order valence-corrected chi connectivity index (χ0v) is 18.4. The van der Waals surface area contributed by atoms with E-state index in [9.17, 15) is 4.79 Å². The van der Waals surface area contributed by atoms with Crippen molar-refractivity contribution in [1.29, 1.82) is 0 Å². The third-order valence-corrected chi connectivity index (χ3v) is 5.74. The van der Waals surface area contributed by atoms with Gasteiger partial charge in [0.05, 0.1) is 0 Å². The lowest BCUT2D eigenvalue weighted by molar-refractivity contribution is 0.0953. The molecular formula is C27H24N4O2. The van der Waals surface area contributed by atoms with Gasteiger partial charge >= 0.3 is 0 Å². The lowest BCUT2D eigenvalue weighted by atomic mass is 10.1. The minimum Gasteiger partial charge on any atom is -0.416 e. The van der Waals surface area contributed by atoms with E-state index in [1.807, 2.05) is 55.5 Å². The van der Waals surface area contributed by atoms with Gasteiger partial charge < -0.3 is 14.3 Å². The molecule has 0 atom stereocenters. The van der Waals surface area contributed by atoms with Gasteiger partial charge in [0.15, 0.2) is 0 Å². The first-order valence-corrected chi connectivity index (χ1v) is 11.0. The molecule has 5 aromatic rings. The number of nitrogens with zero attached hydrogens (tertiary/aromatic N) is 3. The van der Waals surface area contributed by atoms with Crippen LogP contribution in [-0.2, 0) is 6.54 Å². The van der Waals surface area contributed by atoms with Gasteiger partial charge in [0.1, 0.15) is 0 Å². The first-order chi connectivity index (χ1) is 16.2. The number of fused-ring (bicyclic) bond motifs is 1. The van der Waals surface area contributed by atoms with Crippen LogP contribution in [0.15, 0.2) is 89.5 Å². The van der Waals surface area contributed by atoms with Crippen LogP contribution < -0.4 is 5.32 Å². The number of hydrogen-bond donors (Lipinski definition) is 1. The lowest BCUT2D eigenvalue weighted by Crippen LogP contribution is -2.25. The van der Waals surface area contributed by atoms with Crippen molar-refractivity contribution in [2.45, 2.75) is 19.9 Å². The third kappa shape index (κ3) is 4.41. The van der Waals surface area contributed by atoms with Crippen molar-refractivity contribution >= 4 is 16.8 Å². The Hall–Kier alpha value is -4.19. The standard InChI is InChI=1S/C27H24N4O2/c1-19-7-2-4-9-23(19)27-30-29-26(33-27)22-13-11-21(12-14-22)25(32)28-16-6-17-31-18-15-20-8-3-5-10-24(20)31/h2-5,7-15,18H,6,16-17H2,1H3,(H,28,32). The van der Waals surface area contributed by atoms with Gasteiger partial charge in [-0.05, 0) is 66.8 Å². The summed E-state index contributed by atoms with van der Waals surface area (Å²) in [5.74, 6) is 0.824. The maximum Gasteiger partial charge on any atom is 0.251 e. The van der Waals surface area contributed by atoms with Crippen molar-refractivity contribution in [3.05, 3.63) is 96.2 Å². The van der Waals surface area contributed by atoms with Gasteiger partial charge in [-0.2, -0.15) is 0 Å². The molecule has 1 amide bonds. The van der Waals surface area contributed by atoms with Crippen LogP contribution in [0.2, 0.25) is 0 Å². The average Bonchev–Trinajstić information content (AvgIpc) is 3.50. The Labute approximate surface area is 191 Å². The van der Waals surface area contributed by atoms with Gasteiger partial charge in [0.2, 0.25) is 11.8 Å². The normalized spacial score (nSPS) is 11.1. The Bertz CT molecular complexity index is 1400. The largest absolute Gasteiger partial charge is 0.416 e. The second kappa shape index (κ2) is 9.12. The number of benzene rings is 3. The Morgan fingerprint density at radius 2 is 1.67 bits per heavy atom. The van der Waals surface area contributed by atoms with E-state index in [-0.39, 0.29) is 5.91 Å². The van der Waals surface area contributed by atoms with Crippen LogP contribution in [-0.4, -0.2) is 27.2 Å². The van der Waals surface area contributed by atoms with Gasteiger partial charge in [0, 0.05) is 41.5 Å². The second-order valence-corrected chi connectivity index (χ2v) is 7.98. The molecule has 0 saturated heterocycles. The van der Waals surface area contributed by atoms with E-state index in [1.165, 1.54) is 10.9 Å². The minimum absolute atomic E-state index is 0.0926. The number of nitrogens with one attached hydrogen (secondary N) is 1. The molecule has 33 heavy (non-hydrogen) atoms. The highest BCUT2D eigenvalue weighted by molar-refractivity contribution is 5.94. The molecule has 0 spiro atoms. The topological polar surface area (TPSA) is 73.0 Å². The molecule has 0 aliphatic heterocycles. The van der Waals surface area contributed by atoms with Crippen LogP contribution in [0.25, 0.3) is 33.8 Å². The maximum absolute atomic E-state index is 12.5. The van der Waals surface area contributed by atoms with E-state index < -0.39 is 0 Å². The molecule has 5 rings (SSSR count). The van der Waals surface area contributed by atoms with E-state index >= 15 is 0 Å². The first kappa shape index (κ1) is 20.7. The quantitative estimate of drug-likeness (QED) is 0.343. The van der Waals surface area contributed by atoms with Gasteiger partial charge in [-0.15, -0.1) is 10.2 Å².